The molecule has 1 unspecified atom stereocenters. The molecule has 8 heteroatoms. The van der Waals surface area contributed by atoms with E-state index in [2.05, 4.69) is 5.32 Å². The highest BCUT2D eigenvalue weighted by molar-refractivity contribution is 8.18. The molecule has 31 heavy (non-hydrogen) atoms. The van der Waals surface area contributed by atoms with Crippen molar-refractivity contribution in [3.63, 3.8) is 0 Å². The number of hydrogen-bond acceptors (Lipinski definition) is 6. The van der Waals surface area contributed by atoms with Crippen molar-refractivity contribution in [1.82, 2.24) is 10.2 Å². The van der Waals surface area contributed by atoms with Crippen LogP contribution in [0, 0.1) is 0 Å². The van der Waals surface area contributed by atoms with Crippen molar-refractivity contribution in [2.24, 2.45) is 0 Å². The number of imide groups is 1. The minimum Gasteiger partial charge on any atom is -0.496 e. The molecule has 0 spiro atoms. The smallest absolute Gasteiger partial charge is 0.293 e. The van der Waals surface area contributed by atoms with Gasteiger partial charge in [0.05, 0.1) is 24.7 Å². The quantitative estimate of drug-likeness (QED) is 0.582. The summed E-state index contributed by atoms with van der Waals surface area (Å²) in [5, 5.41) is 11.9. The Bertz CT molecular complexity index is 977. The molecule has 2 aromatic carbocycles. The van der Waals surface area contributed by atoms with Crippen LogP contribution in [-0.2, 0) is 16.0 Å². The molecule has 0 aliphatic carbocycles. The van der Waals surface area contributed by atoms with Crippen LogP contribution in [0.1, 0.15) is 17.5 Å². The van der Waals surface area contributed by atoms with Crippen LogP contribution in [-0.4, -0.2) is 53.4 Å². The largest absolute Gasteiger partial charge is 0.496 e. The first-order valence-corrected chi connectivity index (χ1v) is 10.7. The van der Waals surface area contributed by atoms with Crippen LogP contribution < -0.4 is 10.1 Å². The molecule has 1 heterocycles. The van der Waals surface area contributed by atoms with Crippen molar-refractivity contribution in [2.45, 2.75) is 18.9 Å². The van der Waals surface area contributed by atoms with Gasteiger partial charge in [0, 0.05) is 18.5 Å². The lowest BCUT2D eigenvalue weighted by Gasteiger charge is -2.18. The molecule has 3 rings (SSSR count). The van der Waals surface area contributed by atoms with Crippen LogP contribution in [0.2, 0.25) is 0 Å². The summed E-state index contributed by atoms with van der Waals surface area (Å²) in [5.74, 6) is -0.165. The summed E-state index contributed by atoms with van der Waals surface area (Å²) >= 11 is 0.839. The van der Waals surface area contributed by atoms with Crippen LogP contribution in [0.3, 0.4) is 0 Å². The third-order valence-electron chi connectivity index (χ3n) is 4.77. The number of para-hydroxylation sites is 1. The number of ether oxygens (including phenoxy) is 1. The molecule has 1 aliphatic heterocycles. The van der Waals surface area contributed by atoms with Gasteiger partial charge in [-0.05, 0) is 35.9 Å². The van der Waals surface area contributed by atoms with Gasteiger partial charge in [-0.25, -0.2) is 0 Å². The van der Waals surface area contributed by atoms with Crippen LogP contribution in [0.5, 0.6) is 5.75 Å². The number of benzene rings is 2. The zero-order valence-electron chi connectivity index (χ0n) is 17.1. The first-order chi connectivity index (χ1) is 15.0. The van der Waals surface area contributed by atoms with Crippen molar-refractivity contribution in [2.75, 3.05) is 20.3 Å². The van der Waals surface area contributed by atoms with Crippen molar-refractivity contribution in [1.29, 1.82) is 0 Å². The number of aliphatic hydroxyl groups is 1. The molecule has 7 nitrogen and oxygen atoms in total. The van der Waals surface area contributed by atoms with E-state index in [9.17, 15) is 19.5 Å². The molecular weight excluding hydrogens is 416 g/mol. The first kappa shape index (κ1) is 22.6. The van der Waals surface area contributed by atoms with Crippen molar-refractivity contribution in [3.8, 4) is 5.75 Å². The lowest BCUT2D eigenvalue weighted by atomic mass is 10.1. The summed E-state index contributed by atoms with van der Waals surface area (Å²) in [6, 6.07) is 16.3. The fraction of sp³-hybridized carbons (Fsp3) is 0.261. The molecule has 0 saturated carbocycles. The van der Waals surface area contributed by atoms with E-state index in [0.29, 0.717) is 17.7 Å². The number of carbonyl (C=O) groups excluding carboxylic acids is 3. The van der Waals surface area contributed by atoms with Gasteiger partial charge in [0.25, 0.3) is 11.1 Å². The summed E-state index contributed by atoms with van der Waals surface area (Å²) in [5.41, 5.74) is 1.69. The Hall–Kier alpha value is -3.10. The SMILES string of the molecule is COc1ccccc1/C=C1\SC(=O)N(CCC(=O)NC(CO)Cc2ccccc2)C1=O. The van der Waals surface area contributed by atoms with Crippen LogP contribution in [0.25, 0.3) is 6.08 Å². The van der Waals surface area contributed by atoms with E-state index in [0.717, 1.165) is 22.2 Å². The summed E-state index contributed by atoms with van der Waals surface area (Å²) in [4.78, 5) is 38.6. The first-order valence-electron chi connectivity index (χ1n) is 9.84. The second-order valence-corrected chi connectivity index (χ2v) is 7.96. The Kier molecular flexibility index (Phi) is 7.86. The van der Waals surface area contributed by atoms with E-state index in [-0.39, 0.29) is 30.4 Å². The van der Waals surface area contributed by atoms with E-state index >= 15 is 0 Å². The topological polar surface area (TPSA) is 95.9 Å². The fourth-order valence-electron chi connectivity index (χ4n) is 3.19. The molecule has 3 amide bonds. The van der Waals surface area contributed by atoms with Gasteiger partial charge in [-0.3, -0.25) is 19.3 Å². The number of carbonyl (C=O) groups is 3. The van der Waals surface area contributed by atoms with Gasteiger partial charge in [-0.2, -0.15) is 0 Å². The predicted molar refractivity (Wildman–Crippen MR) is 119 cm³/mol. The molecule has 0 radical (unpaired) electrons. The van der Waals surface area contributed by atoms with Gasteiger partial charge >= 0.3 is 0 Å². The monoisotopic (exact) mass is 440 g/mol. The zero-order chi connectivity index (χ0) is 22.2. The number of nitrogens with one attached hydrogen (secondary N) is 1. The minimum atomic E-state index is -0.435. The Labute approximate surface area is 185 Å². The summed E-state index contributed by atoms with van der Waals surface area (Å²) in [6.45, 7) is -0.229. The Morgan fingerprint density at radius 1 is 1.16 bits per heavy atom. The van der Waals surface area contributed by atoms with Crippen molar-refractivity contribution in [3.05, 3.63) is 70.6 Å². The predicted octanol–water partition coefficient (Wildman–Crippen LogP) is 2.84. The van der Waals surface area contributed by atoms with Crippen LogP contribution in [0.15, 0.2) is 59.5 Å². The second-order valence-electron chi connectivity index (χ2n) is 6.96. The highest BCUT2D eigenvalue weighted by Gasteiger charge is 2.35. The van der Waals surface area contributed by atoms with E-state index < -0.39 is 17.2 Å². The summed E-state index contributed by atoms with van der Waals surface area (Å²) in [6.07, 6.45) is 2.07. The van der Waals surface area contributed by atoms with Crippen LogP contribution in [0.4, 0.5) is 4.79 Å². The number of thioether (sulfide) groups is 1. The van der Waals surface area contributed by atoms with Crippen molar-refractivity contribution >= 4 is 34.9 Å². The van der Waals surface area contributed by atoms with E-state index in [4.69, 9.17) is 4.74 Å². The summed E-state index contributed by atoms with van der Waals surface area (Å²) in [7, 11) is 1.54. The zero-order valence-corrected chi connectivity index (χ0v) is 17.9. The lowest BCUT2D eigenvalue weighted by Crippen LogP contribution is -2.41. The second kappa shape index (κ2) is 10.8. The number of hydrogen-bond donors (Lipinski definition) is 2. The molecule has 1 saturated heterocycles. The maximum absolute atomic E-state index is 12.7. The third kappa shape index (κ3) is 5.96. The average molecular weight is 441 g/mol. The fourth-order valence-corrected chi connectivity index (χ4v) is 4.05. The number of nitrogens with zero attached hydrogens (tertiary/aromatic N) is 1. The highest BCUT2D eigenvalue weighted by atomic mass is 32.2. The third-order valence-corrected chi connectivity index (χ3v) is 5.68. The normalized spacial score (nSPS) is 15.9. The molecule has 2 N–H and O–H groups in total. The molecule has 1 aliphatic rings. The molecule has 0 aromatic heterocycles. The van der Waals surface area contributed by atoms with E-state index in [1.165, 1.54) is 7.11 Å². The number of amides is 3. The molecule has 2 aromatic rings. The Morgan fingerprint density at radius 2 is 1.87 bits per heavy atom. The average Bonchev–Trinajstić information content (AvgIpc) is 3.05. The number of aliphatic hydroxyl groups excluding tert-OH is 1. The maximum atomic E-state index is 12.7. The van der Waals surface area contributed by atoms with Gasteiger partial charge in [0.2, 0.25) is 5.91 Å². The van der Waals surface area contributed by atoms with Gasteiger partial charge in [0.15, 0.2) is 0 Å². The maximum Gasteiger partial charge on any atom is 0.293 e. The highest BCUT2D eigenvalue weighted by Crippen LogP contribution is 2.33. The number of rotatable bonds is 9. The Morgan fingerprint density at radius 3 is 2.58 bits per heavy atom. The van der Waals surface area contributed by atoms with E-state index in [1.54, 1.807) is 18.2 Å². The van der Waals surface area contributed by atoms with Gasteiger partial charge in [0.1, 0.15) is 5.75 Å². The van der Waals surface area contributed by atoms with Crippen LogP contribution >= 0.6 is 11.8 Å². The standard InChI is InChI=1S/C23H24N2O5S/c1-30-19-10-6-5-9-17(19)14-20-22(28)25(23(29)31-20)12-11-21(27)24-18(15-26)13-16-7-3-2-4-8-16/h2-10,14,18,26H,11-13,15H2,1H3,(H,24,27)/b20-14-. The molecular formula is C23H24N2O5S. The van der Waals surface area contributed by atoms with E-state index in [1.807, 2.05) is 42.5 Å². The lowest BCUT2D eigenvalue weighted by molar-refractivity contribution is -0.124. The minimum absolute atomic E-state index is 0.0246. The summed E-state index contributed by atoms with van der Waals surface area (Å²) < 4.78 is 5.28. The van der Waals surface area contributed by atoms with Gasteiger partial charge in [-0.1, -0.05) is 48.5 Å². The molecule has 1 fully saturated rings. The number of methoxy groups -OCH3 is 1. The Balaban J connectivity index is 1.57. The molecule has 1 atom stereocenters. The molecule has 0 bridgehead atoms. The van der Waals surface area contributed by atoms with Gasteiger partial charge in [-0.15, -0.1) is 0 Å². The molecule has 162 valence electrons. The van der Waals surface area contributed by atoms with Gasteiger partial charge < -0.3 is 15.2 Å². The van der Waals surface area contributed by atoms with Crippen molar-refractivity contribution < 1.29 is 24.2 Å².